The van der Waals surface area contributed by atoms with Gasteiger partial charge in [0.1, 0.15) is 11.3 Å². The molecule has 3 heteroatoms. The molecule has 0 fully saturated rings. The lowest BCUT2D eigenvalue weighted by molar-refractivity contribution is 0.0937. The lowest BCUT2D eigenvalue weighted by Gasteiger charge is -2.04. The average Bonchev–Trinajstić information content (AvgIpc) is 2.94. The van der Waals surface area contributed by atoms with E-state index in [1.807, 2.05) is 55.5 Å². The summed E-state index contributed by atoms with van der Waals surface area (Å²) < 4.78 is 11.2. The summed E-state index contributed by atoms with van der Waals surface area (Å²) in [7, 11) is 0. The number of benzene rings is 2. The van der Waals surface area contributed by atoms with Crippen LogP contribution >= 0.6 is 0 Å². The number of ketones is 1. The molecule has 0 spiro atoms. The molecule has 0 aliphatic heterocycles. The first-order chi connectivity index (χ1) is 10.2. The number of hydrogen-bond acceptors (Lipinski definition) is 3. The first kappa shape index (κ1) is 13.4. The number of rotatable bonds is 5. The number of fused-ring (bicyclic) bond motifs is 1. The smallest absolute Gasteiger partial charge is 0.201 e. The maximum Gasteiger partial charge on any atom is 0.201 e. The molecule has 21 heavy (non-hydrogen) atoms. The van der Waals surface area contributed by atoms with E-state index in [0.29, 0.717) is 18.8 Å². The third kappa shape index (κ3) is 2.97. The first-order valence-electron chi connectivity index (χ1n) is 6.94. The topological polar surface area (TPSA) is 39.4 Å². The molecule has 3 rings (SSSR count). The predicted octanol–water partition coefficient (Wildman–Crippen LogP) is 4.39. The molecule has 0 bridgehead atoms. The van der Waals surface area contributed by atoms with E-state index in [4.69, 9.17) is 9.15 Å². The molecule has 0 saturated carbocycles. The van der Waals surface area contributed by atoms with Crippen LogP contribution in [0.25, 0.3) is 11.0 Å². The Morgan fingerprint density at radius 3 is 2.67 bits per heavy atom. The van der Waals surface area contributed by atoms with E-state index in [9.17, 15) is 4.79 Å². The highest BCUT2D eigenvalue weighted by Crippen LogP contribution is 2.23. The SMILES string of the molecule is Cc1cccc2cc(C(=O)CCOc3ccccc3)oc12. The van der Waals surface area contributed by atoms with E-state index < -0.39 is 0 Å². The van der Waals surface area contributed by atoms with Crippen LogP contribution in [0, 0.1) is 6.92 Å². The predicted molar refractivity (Wildman–Crippen MR) is 81.8 cm³/mol. The third-order valence-corrected chi connectivity index (χ3v) is 3.36. The molecule has 1 heterocycles. The van der Waals surface area contributed by atoms with Gasteiger partial charge in [-0.3, -0.25) is 4.79 Å². The van der Waals surface area contributed by atoms with Crippen molar-refractivity contribution in [3.05, 3.63) is 65.9 Å². The number of para-hydroxylation sites is 2. The summed E-state index contributed by atoms with van der Waals surface area (Å²) in [5.41, 5.74) is 1.82. The summed E-state index contributed by atoms with van der Waals surface area (Å²) in [6.45, 7) is 2.32. The summed E-state index contributed by atoms with van der Waals surface area (Å²) in [4.78, 5) is 12.1. The minimum Gasteiger partial charge on any atom is -0.493 e. The minimum absolute atomic E-state index is 0.0402. The highest BCUT2D eigenvalue weighted by Gasteiger charge is 2.13. The molecular weight excluding hydrogens is 264 g/mol. The Kier molecular flexibility index (Phi) is 3.73. The van der Waals surface area contributed by atoms with Crippen molar-refractivity contribution in [2.24, 2.45) is 0 Å². The van der Waals surface area contributed by atoms with Gasteiger partial charge < -0.3 is 9.15 Å². The molecule has 0 N–H and O–H groups in total. The van der Waals surface area contributed by atoms with Crippen molar-refractivity contribution < 1.29 is 13.9 Å². The van der Waals surface area contributed by atoms with Crippen LogP contribution in [0.2, 0.25) is 0 Å². The van der Waals surface area contributed by atoms with Crippen LogP contribution < -0.4 is 4.74 Å². The van der Waals surface area contributed by atoms with E-state index >= 15 is 0 Å². The third-order valence-electron chi connectivity index (χ3n) is 3.36. The van der Waals surface area contributed by atoms with E-state index in [-0.39, 0.29) is 5.78 Å². The average molecular weight is 280 g/mol. The Bertz CT molecular complexity index is 756. The Morgan fingerprint density at radius 2 is 1.90 bits per heavy atom. The Balaban J connectivity index is 1.65. The van der Waals surface area contributed by atoms with Crippen molar-refractivity contribution in [3.63, 3.8) is 0 Å². The van der Waals surface area contributed by atoms with Gasteiger partial charge in [-0.1, -0.05) is 36.4 Å². The molecule has 0 atom stereocenters. The highest BCUT2D eigenvalue weighted by molar-refractivity contribution is 5.98. The molecule has 106 valence electrons. The molecule has 0 unspecified atom stereocenters. The summed E-state index contributed by atoms with van der Waals surface area (Å²) in [6.07, 6.45) is 0.299. The van der Waals surface area contributed by atoms with Crippen LogP contribution in [-0.4, -0.2) is 12.4 Å². The van der Waals surface area contributed by atoms with Crippen LogP contribution in [-0.2, 0) is 0 Å². The van der Waals surface area contributed by atoms with Gasteiger partial charge in [-0.2, -0.15) is 0 Å². The highest BCUT2D eigenvalue weighted by atomic mass is 16.5. The lowest BCUT2D eigenvalue weighted by Crippen LogP contribution is -2.05. The zero-order chi connectivity index (χ0) is 14.7. The fourth-order valence-corrected chi connectivity index (χ4v) is 2.25. The summed E-state index contributed by atoms with van der Waals surface area (Å²) in [5.74, 6) is 1.13. The molecular formula is C18H16O3. The largest absolute Gasteiger partial charge is 0.493 e. The molecule has 0 radical (unpaired) electrons. The van der Waals surface area contributed by atoms with Gasteiger partial charge in [0, 0.05) is 11.8 Å². The second kappa shape index (κ2) is 5.83. The summed E-state index contributed by atoms with van der Waals surface area (Å²) >= 11 is 0. The Labute approximate surface area is 123 Å². The normalized spacial score (nSPS) is 10.7. The molecule has 0 saturated heterocycles. The van der Waals surface area contributed by atoms with Gasteiger partial charge in [0.05, 0.1) is 6.61 Å². The Morgan fingerprint density at radius 1 is 1.10 bits per heavy atom. The number of aryl methyl sites for hydroxylation is 1. The molecule has 0 amide bonds. The van der Waals surface area contributed by atoms with Crippen molar-refractivity contribution in [1.29, 1.82) is 0 Å². The standard InChI is InChI=1S/C18H16O3/c1-13-6-5-7-14-12-17(21-18(13)14)16(19)10-11-20-15-8-3-2-4-9-15/h2-9,12H,10-11H2,1H3. The van der Waals surface area contributed by atoms with E-state index in [1.54, 1.807) is 6.07 Å². The number of ether oxygens (including phenoxy) is 1. The molecule has 1 aromatic heterocycles. The van der Waals surface area contributed by atoms with Crippen LogP contribution in [0.3, 0.4) is 0 Å². The van der Waals surface area contributed by atoms with E-state index in [2.05, 4.69) is 0 Å². The van der Waals surface area contributed by atoms with Gasteiger partial charge in [-0.05, 0) is 30.7 Å². The number of Topliss-reactive ketones (excluding diaryl/α,β-unsaturated/α-hetero) is 1. The fourth-order valence-electron chi connectivity index (χ4n) is 2.25. The number of carbonyl (C=O) groups is 1. The van der Waals surface area contributed by atoms with Crippen LogP contribution in [0.5, 0.6) is 5.75 Å². The van der Waals surface area contributed by atoms with Crippen molar-refractivity contribution in [2.45, 2.75) is 13.3 Å². The van der Waals surface area contributed by atoms with Gasteiger partial charge in [-0.25, -0.2) is 0 Å². The number of hydrogen-bond donors (Lipinski definition) is 0. The van der Waals surface area contributed by atoms with E-state index in [1.165, 1.54) is 0 Å². The monoisotopic (exact) mass is 280 g/mol. The molecule has 0 aliphatic rings. The molecule has 3 aromatic rings. The van der Waals surface area contributed by atoms with E-state index in [0.717, 1.165) is 22.3 Å². The van der Waals surface area contributed by atoms with Crippen molar-refractivity contribution in [3.8, 4) is 5.75 Å². The number of furan rings is 1. The van der Waals surface area contributed by atoms with Crippen molar-refractivity contribution in [2.75, 3.05) is 6.61 Å². The van der Waals surface area contributed by atoms with Gasteiger partial charge in [0.15, 0.2) is 5.76 Å². The maximum atomic E-state index is 12.1. The number of carbonyl (C=O) groups excluding carboxylic acids is 1. The van der Waals surface area contributed by atoms with Gasteiger partial charge in [0.2, 0.25) is 5.78 Å². The van der Waals surface area contributed by atoms with Crippen molar-refractivity contribution >= 4 is 16.8 Å². The lowest BCUT2D eigenvalue weighted by atomic mass is 10.1. The molecule has 0 aliphatic carbocycles. The van der Waals surface area contributed by atoms with Crippen molar-refractivity contribution in [1.82, 2.24) is 0 Å². The zero-order valence-electron chi connectivity index (χ0n) is 11.8. The zero-order valence-corrected chi connectivity index (χ0v) is 11.8. The fraction of sp³-hybridized carbons (Fsp3) is 0.167. The van der Waals surface area contributed by atoms with Crippen LogP contribution in [0.15, 0.2) is 59.0 Å². The van der Waals surface area contributed by atoms with Gasteiger partial charge in [0.25, 0.3) is 0 Å². The quantitative estimate of drug-likeness (QED) is 0.650. The molecule has 3 nitrogen and oxygen atoms in total. The van der Waals surface area contributed by atoms with Gasteiger partial charge >= 0.3 is 0 Å². The maximum absolute atomic E-state index is 12.1. The first-order valence-corrected chi connectivity index (χ1v) is 6.94. The van der Waals surface area contributed by atoms with Crippen LogP contribution in [0.1, 0.15) is 22.5 Å². The minimum atomic E-state index is -0.0402. The summed E-state index contributed by atoms with van der Waals surface area (Å²) in [5, 5.41) is 0.960. The van der Waals surface area contributed by atoms with Gasteiger partial charge in [-0.15, -0.1) is 0 Å². The van der Waals surface area contributed by atoms with Crippen LogP contribution in [0.4, 0.5) is 0 Å². The second-order valence-electron chi connectivity index (χ2n) is 4.94. The molecule has 2 aromatic carbocycles. The Hall–Kier alpha value is -2.55. The second-order valence-corrected chi connectivity index (χ2v) is 4.94. The summed E-state index contributed by atoms with van der Waals surface area (Å²) in [6, 6.07) is 17.1.